The maximum absolute atomic E-state index is 13.7. The lowest BCUT2D eigenvalue weighted by molar-refractivity contribution is -0.144. The van der Waals surface area contributed by atoms with E-state index >= 15 is 0 Å². The highest BCUT2D eigenvalue weighted by molar-refractivity contribution is 7.80. The molecule has 0 heterocycles. The first-order valence-electron chi connectivity index (χ1n) is 17.0. The van der Waals surface area contributed by atoms with E-state index in [0.717, 1.165) is 0 Å². The van der Waals surface area contributed by atoms with Crippen molar-refractivity contribution in [3.63, 3.8) is 0 Å². The summed E-state index contributed by atoms with van der Waals surface area (Å²) in [5.41, 5.74) is 6.68. The van der Waals surface area contributed by atoms with Gasteiger partial charge in [-0.15, -0.1) is 0 Å². The van der Waals surface area contributed by atoms with Gasteiger partial charge in [0.2, 0.25) is 29.5 Å². The number of rotatable bonds is 22. The van der Waals surface area contributed by atoms with E-state index in [2.05, 4.69) is 39.2 Å². The summed E-state index contributed by atoms with van der Waals surface area (Å²) in [5.74, 6) is -7.87. The van der Waals surface area contributed by atoms with Crippen LogP contribution in [-0.2, 0) is 40.0 Å². The molecular formula is C34H54N6O10S. The van der Waals surface area contributed by atoms with Gasteiger partial charge in [0.1, 0.15) is 36.0 Å². The van der Waals surface area contributed by atoms with E-state index in [-0.39, 0.29) is 24.3 Å². The Morgan fingerprint density at radius 1 is 0.686 bits per heavy atom. The van der Waals surface area contributed by atoms with E-state index in [9.17, 15) is 48.9 Å². The molecule has 0 aliphatic carbocycles. The lowest BCUT2D eigenvalue weighted by atomic mass is 9.94. The zero-order valence-electron chi connectivity index (χ0n) is 30.0. The van der Waals surface area contributed by atoms with Crippen LogP contribution in [0.15, 0.2) is 24.3 Å². The van der Waals surface area contributed by atoms with Gasteiger partial charge >= 0.3 is 11.9 Å². The fourth-order valence-corrected chi connectivity index (χ4v) is 5.17. The number of thiol groups is 1. The number of carbonyl (C=O) groups excluding carboxylic acids is 5. The number of amides is 5. The highest BCUT2D eigenvalue weighted by Crippen LogP contribution is 2.15. The molecule has 5 amide bonds. The Labute approximate surface area is 303 Å². The Bertz CT molecular complexity index is 1360. The van der Waals surface area contributed by atoms with Crippen molar-refractivity contribution in [3.8, 4) is 5.75 Å². The van der Waals surface area contributed by atoms with E-state index in [1.165, 1.54) is 12.1 Å². The quantitative estimate of drug-likeness (QED) is 0.0724. The molecule has 0 aliphatic rings. The maximum atomic E-state index is 13.7. The molecule has 0 unspecified atom stereocenters. The average molecular weight is 739 g/mol. The molecule has 16 nitrogen and oxygen atoms in total. The third-order valence-corrected chi connectivity index (χ3v) is 9.01. The predicted octanol–water partition coefficient (Wildman–Crippen LogP) is 0.313. The lowest BCUT2D eigenvalue weighted by Crippen LogP contribution is -2.61. The van der Waals surface area contributed by atoms with E-state index in [4.69, 9.17) is 5.73 Å². The van der Waals surface area contributed by atoms with Gasteiger partial charge in [-0.3, -0.25) is 28.8 Å². The minimum absolute atomic E-state index is 0.0385. The van der Waals surface area contributed by atoms with Crippen molar-refractivity contribution in [1.82, 2.24) is 26.6 Å². The molecular weight excluding hydrogens is 684 g/mol. The van der Waals surface area contributed by atoms with E-state index in [1.54, 1.807) is 53.7 Å². The Balaban J connectivity index is 3.19. The first-order valence-corrected chi connectivity index (χ1v) is 17.6. The highest BCUT2D eigenvalue weighted by atomic mass is 32.1. The molecule has 0 fully saturated rings. The van der Waals surface area contributed by atoms with Crippen molar-refractivity contribution >= 4 is 54.1 Å². The third-order valence-electron chi connectivity index (χ3n) is 8.64. The van der Waals surface area contributed by atoms with Crippen LogP contribution in [0, 0.1) is 17.8 Å². The summed E-state index contributed by atoms with van der Waals surface area (Å²) in [4.78, 5) is 89.8. The largest absolute Gasteiger partial charge is 0.508 e. The van der Waals surface area contributed by atoms with Gasteiger partial charge in [0.25, 0.3) is 0 Å². The van der Waals surface area contributed by atoms with Crippen LogP contribution >= 0.6 is 12.6 Å². The molecule has 17 heteroatoms. The lowest BCUT2D eigenvalue weighted by Gasteiger charge is -2.31. The molecule has 10 N–H and O–H groups in total. The molecule has 0 saturated heterocycles. The second-order valence-electron chi connectivity index (χ2n) is 13.0. The van der Waals surface area contributed by atoms with E-state index < -0.39 is 102 Å². The second-order valence-corrected chi connectivity index (χ2v) is 13.4. The van der Waals surface area contributed by atoms with Gasteiger partial charge < -0.3 is 47.6 Å². The number of phenols is 1. The maximum Gasteiger partial charge on any atom is 0.326 e. The van der Waals surface area contributed by atoms with Crippen molar-refractivity contribution in [3.05, 3.63) is 29.8 Å². The number of carbonyl (C=O) groups is 7. The Morgan fingerprint density at radius 3 is 1.57 bits per heavy atom. The van der Waals surface area contributed by atoms with Gasteiger partial charge in [0, 0.05) is 12.2 Å². The molecule has 8 atom stereocenters. The average Bonchev–Trinajstić information content (AvgIpc) is 3.08. The Kier molecular flexibility index (Phi) is 19.0. The molecule has 0 spiro atoms. The topological polar surface area (TPSA) is 266 Å². The number of benzene rings is 1. The predicted molar refractivity (Wildman–Crippen MR) is 192 cm³/mol. The second kappa shape index (κ2) is 21.8. The smallest absolute Gasteiger partial charge is 0.326 e. The summed E-state index contributed by atoms with van der Waals surface area (Å²) in [6, 6.07) is -1.32. The van der Waals surface area contributed by atoms with Crippen molar-refractivity contribution in [2.24, 2.45) is 23.5 Å². The molecule has 1 aromatic carbocycles. The molecule has 286 valence electrons. The summed E-state index contributed by atoms with van der Waals surface area (Å²) in [5, 5.41) is 41.0. The number of nitrogens with two attached hydrogens (primary N) is 1. The van der Waals surface area contributed by atoms with E-state index in [0.29, 0.717) is 18.4 Å². The molecule has 1 rings (SSSR count). The van der Waals surface area contributed by atoms with Crippen LogP contribution in [0.1, 0.15) is 72.8 Å². The van der Waals surface area contributed by atoms with Crippen LogP contribution in [0.3, 0.4) is 0 Å². The highest BCUT2D eigenvalue weighted by Gasteiger charge is 2.36. The standard InChI is InChI=1S/C34H54N6O10S/c1-7-18(5)27(33(48)40-28(19(6)8-2)32(47)38-26(17(3)4)34(49)50)39-30(45)23(13-14-25(42)43)36-31(46)24(16-51)37-29(44)22(35)15-20-9-11-21(41)12-10-20/h9-12,17-19,22-24,26-28,41,51H,7-8,13-16,35H2,1-6H3,(H,36,46)(H,37,44)(H,38,47)(H,39,45)(H,40,48)(H,42,43)(H,49,50)/t18-,19-,22-,23-,24-,26-,27-,28-/m0/s1. The summed E-state index contributed by atoms with van der Waals surface area (Å²) in [6.07, 6.45) is 0.0559. The first kappa shape index (κ1) is 44.6. The number of phenolic OH excluding ortho intramolecular Hbond substituents is 1. The number of hydrogen-bond acceptors (Lipinski definition) is 10. The third kappa shape index (κ3) is 14.8. The summed E-state index contributed by atoms with van der Waals surface area (Å²) in [6.45, 7) is 10.2. The fraction of sp³-hybridized carbons (Fsp3) is 0.618. The van der Waals surface area contributed by atoms with Gasteiger partial charge in [-0.2, -0.15) is 12.6 Å². The first-order chi connectivity index (χ1) is 23.9. The molecule has 0 saturated carbocycles. The number of aliphatic carboxylic acids is 2. The van der Waals surface area contributed by atoms with Crippen LogP contribution in [-0.4, -0.2) is 98.8 Å². The normalized spacial score (nSPS) is 15.9. The van der Waals surface area contributed by atoms with Gasteiger partial charge in [0.15, 0.2) is 0 Å². The molecule has 0 bridgehead atoms. The van der Waals surface area contributed by atoms with Crippen LogP contribution in [0.4, 0.5) is 0 Å². The van der Waals surface area contributed by atoms with Gasteiger partial charge in [-0.1, -0.05) is 66.5 Å². The zero-order chi connectivity index (χ0) is 39.0. The van der Waals surface area contributed by atoms with E-state index in [1.807, 2.05) is 0 Å². The molecule has 0 aliphatic heterocycles. The number of aromatic hydroxyl groups is 1. The Hall–Kier alpha value is -4.38. The number of carboxylic acid groups (broad SMARTS) is 2. The number of carboxylic acids is 2. The van der Waals surface area contributed by atoms with Crippen molar-refractivity contribution in [2.45, 2.75) is 110 Å². The summed E-state index contributed by atoms with van der Waals surface area (Å²) < 4.78 is 0. The SMILES string of the molecule is CC[C@H](C)[C@H](NC(=O)[C@H](CCC(=O)O)NC(=O)[C@H](CS)NC(=O)[C@@H](N)Cc1ccc(O)cc1)C(=O)N[C@H](C(=O)N[C@H](C(=O)O)C(C)C)[C@@H](C)CC. The van der Waals surface area contributed by atoms with Crippen LogP contribution in [0.25, 0.3) is 0 Å². The minimum atomic E-state index is -1.45. The van der Waals surface area contributed by atoms with Crippen molar-refractivity contribution < 1.29 is 48.9 Å². The van der Waals surface area contributed by atoms with Crippen LogP contribution < -0.4 is 32.3 Å². The van der Waals surface area contributed by atoms with Gasteiger partial charge in [-0.25, -0.2) is 4.79 Å². The van der Waals surface area contributed by atoms with Crippen LogP contribution in [0.2, 0.25) is 0 Å². The molecule has 0 radical (unpaired) electrons. The molecule has 51 heavy (non-hydrogen) atoms. The van der Waals surface area contributed by atoms with Crippen LogP contribution in [0.5, 0.6) is 5.75 Å². The van der Waals surface area contributed by atoms with Gasteiger partial charge in [-0.05, 0) is 48.3 Å². The Morgan fingerprint density at radius 2 is 1.14 bits per heavy atom. The minimum Gasteiger partial charge on any atom is -0.508 e. The molecule has 1 aromatic rings. The van der Waals surface area contributed by atoms with Crippen molar-refractivity contribution in [1.29, 1.82) is 0 Å². The molecule has 0 aromatic heterocycles. The summed E-state index contributed by atoms with van der Waals surface area (Å²) >= 11 is 4.15. The number of nitrogens with one attached hydrogen (secondary N) is 5. The monoisotopic (exact) mass is 738 g/mol. The van der Waals surface area contributed by atoms with Gasteiger partial charge in [0.05, 0.1) is 6.04 Å². The zero-order valence-corrected chi connectivity index (χ0v) is 30.9. The number of hydrogen-bond donors (Lipinski definition) is 10. The summed E-state index contributed by atoms with van der Waals surface area (Å²) in [7, 11) is 0. The van der Waals surface area contributed by atoms with Crippen molar-refractivity contribution in [2.75, 3.05) is 5.75 Å². The fourth-order valence-electron chi connectivity index (χ4n) is 4.92.